The molecular weight excluding hydrogens is 294 g/mol. The first kappa shape index (κ1) is 15.5. The van der Waals surface area contributed by atoms with Crippen LogP contribution >= 0.6 is 11.8 Å². The molecule has 0 saturated carbocycles. The van der Waals surface area contributed by atoms with Crippen molar-refractivity contribution in [1.29, 1.82) is 0 Å². The fourth-order valence-corrected chi connectivity index (χ4v) is 4.31. The summed E-state index contributed by atoms with van der Waals surface area (Å²) in [4.78, 5) is 15.5. The molecule has 3 nitrogen and oxygen atoms in total. The zero-order valence-corrected chi connectivity index (χ0v) is 14.4. The van der Waals surface area contributed by atoms with Gasteiger partial charge in [0.2, 0.25) is 0 Å². The highest BCUT2D eigenvalue weighted by Crippen LogP contribution is 2.43. The van der Waals surface area contributed by atoms with Crippen LogP contribution in [0.25, 0.3) is 0 Å². The third-order valence-corrected chi connectivity index (χ3v) is 5.45. The van der Waals surface area contributed by atoms with Crippen molar-refractivity contribution in [2.45, 2.75) is 49.5 Å². The fraction of sp³-hybridized carbons (Fsp3) is 0.500. The summed E-state index contributed by atoms with van der Waals surface area (Å²) in [5.41, 5.74) is 0.828. The van der Waals surface area contributed by atoms with Gasteiger partial charge >= 0.3 is 6.09 Å². The van der Waals surface area contributed by atoms with Crippen LogP contribution < -0.4 is 0 Å². The molecular formula is C18H23NO2S. The molecule has 1 amide bonds. The predicted octanol–water partition coefficient (Wildman–Crippen LogP) is 4.26. The standard InChI is InChI=1S/C18H23NO2S/c1-12-5-8-14(9-6-12)22-16-13-7-10-15(16)19(11-13)17(20)21-18(2,3)4/h5-10,13,15-16H,11H2,1-4H3/t13-,15-,16+/m0/s1. The fourth-order valence-electron chi connectivity index (χ4n) is 2.97. The summed E-state index contributed by atoms with van der Waals surface area (Å²) in [6.45, 7) is 8.59. The highest BCUT2D eigenvalue weighted by Gasteiger charge is 2.47. The molecule has 0 N–H and O–H groups in total. The molecule has 22 heavy (non-hydrogen) atoms. The molecule has 1 aromatic rings. The first-order chi connectivity index (χ1) is 10.3. The summed E-state index contributed by atoms with van der Waals surface area (Å²) in [6.07, 6.45) is 4.21. The molecule has 1 saturated heterocycles. The van der Waals surface area contributed by atoms with Crippen molar-refractivity contribution < 1.29 is 9.53 Å². The summed E-state index contributed by atoms with van der Waals surface area (Å²) < 4.78 is 5.53. The van der Waals surface area contributed by atoms with Gasteiger partial charge in [-0.2, -0.15) is 0 Å². The number of aryl methyl sites for hydroxylation is 1. The second kappa shape index (κ2) is 5.65. The number of nitrogens with zero attached hydrogens (tertiary/aromatic N) is 1. The van der Waals surface area contributed by atoms with Gasteiger partial charge < -0.3 is 4.74 Å². The lowest BCUT2D eigenvalue weighted by atomic mass is 10.1. The van der Waals surface area contributed by atoms with E-state index in [0.717, 1.165) is 6.54 Å². The van der Waals surface area contributed by atoms with Crippen LogP contribution in [0.15, 0.2) is 41.3 Å². The molecule has 0 unspecified atom stereocenters. The van der Waals surface area contributed by atoms with Gasteiger partial charge in [0.05, 0.1) is 6.04 Å². The minimum atomic E-state index is -0.442. The maximum Gasteiger partial charge on any atom is 0.410 e. The summed E-state index contributed by atoms with van der Waals surface area (Å²) >= 11 is 1.87. The maximum atomic E-state index is 12.4. The topological polar surface area (TPSA) is 29.5 Å². The number of benzene rings is 1. The smallest absolute Gasteiger partial charge is 0.410 e. The van der Waals surface area contributed by atoms with E-state index < -0.39 is 5.60 Å². The van der Waals surface area contributed by atoms with E-state index in [1.54, 1.807) is 0 Å². The summed E-state index contributed by atoms with van der Waals surface area (Å²) in [5, 5.41) is 0.398. The molecule has 0 spiro atoms. The molecule has 4 heteroatoms. The number of rotatable bonds is 2. The monoisotopic (exact) mass is 317 g/mol. The predicted molar refractivity (Wildman–Crippen MR) is 90.2 cm³/mol. The van der Waals surface area contributed by atoms with Crippen molar-refractivity contribution in [2.24, 2.45) is 5.92 Å². The number of hydrogen-bond acceptors (Lipinski definition) is 3. The number of hydrogen-bond donors (Lipinski definition) is 0. The highest BCUT2D eigenvalue weighted by atomic mass is 32.2. The SMILES string of the molecule is Cc1ccc(S[C@@H]2[C@H]3C=C[C@@H]2N(C(=O)OC(C)(C)C)C3)cc1. The molecule has 1 aliphatic carbocycles. The Morgan fingerprint density at radius 2 is 1.91 bits per heavy atom. The zero-order chi connectivity index (χ0) is 15.9. The Morgan fingerprint density at radius 1 is 1.23 bits per heavy atom. The largest absolute Gasteiger partial charge is 0.444 e. The number of amides is 1. The van der Waals surface area contributed by atoms with Crippen molar-refractivity contribution in [3.63, 3.8) is 0 Å². The quantitative estimate of drug-likeness (QED) is 0.763. The van der Waals surface area contributed by atoms with Crippen LogP contribution in [0, 0.1) is 12.8 Å². The Kier molecular flexibility index (Phi) is 3.98. The Labute approximate surface area is 136 Å². The summed E-state index contributed by atoms with van der Waals surface area (Å²) in [7, 11) is 0. The van der Waals surface area contributed by atoms with Gasteiger partial charge in [0.1, 0.15) is 5.60 Å². The van der Waals surface area contributed by atoms with E-state index >= 15 is 0 Å². The molecule has 118 valence electrons. The Morgan fingerprint density at radius 3 is 2.55 bits per heavy atom. The van der Waals surface area contributed by atoms with Crippen molar-refractivity contribution in [3.8, 4) is 0 Å². The van der Waals surface area contributed by atoms with E-state index in [1.165, 1.54) is 10.5 Å². The van der Waals surface area contributed by atoms with Gasteiger partial charge in [0.15, 0.2) is 0 Å². The van der Waals surface area contributed by atoms with Crippen molar-refractivity contribution in [3.05, 3.63) is 42.0 Å². The van der Waals surface area contributed by atoms with Crippen LogP contribution in [-0.4, -0.2) is 34.4 Å². The molecule has 1 aliphatic heterocycles. The minimum absolute atomic E-state index is 0.145. The molecule has 2 aliphatic rings. The Balaban J connectivity index is 1.69. The van der Waals surface area contributed by atoms with E-state index in [9.17, 15) is 4.79 Å². The van der Waals surface area contributed by atoms with Gasteiger partial charge in [-0.05, 0) is 39.8 Å². The van der Waals surface area contributed by atoms with E-state index in [0.29, 0.717) is 11.2 Å². The molecule has 0 aromatic heterocycles. The Hall–Kier alpha value is -1.42. The average molecular weight is 317 g/mol. The lowest BCUT2D eigenvalue weighted by Gasteiger charge is -2.28. The van der Waals surface area contributed by atoms with Crippen LogP contribution in [0.1, 0.15) is 26.3 Å². The normalized spacial score (nSPS) is 26.5. The van der Waals surface area contributed by atoms with E-state index in [-0.39, 0.29) is 12.1 Å². The molecule has 1 fully saturated rings. The third kappa shape index (κ3) is 3.17. The van der Waals surface area contributed by atoms with E-state index in [4.69, 9.17) is 4.74 Å². The van der Waals surface area contributed by atoms with Gasteiger partial charge in [-0.15, -0.1) is 11.8 Å². The lowest BCUT2D eigenvalue weighted by Crippen LogP contribution is -2.41. The second-order valence-electron chi connectivity index (χ2n) is 7.07. The van der Waals surface area contributed by atoms with Gasteiger partial charge in [-0.1, -0.05) is 29.8 Å². The van der Waals surface area contributed by atoms with Crippen LogP contribution in [0.4, 0.5) is 4.79 Å². The van der Waals surface area contributed by atoms with Crippen LogP contribution in [0.3, 0.4) is 0 Å². The molecule has 2 bridgehead atoms. The van der Waals surface area contributed by atoms with Crippen molar-refractivity contribution >= 4 is 17.9 Å². The molecule has 0 radical (unpaired) electrons. The number of carbonyl (C=O) groups excluding carboxylic acids is 1. The lowest BCUT2D eigenvalue weighted by molar-refractivity contribution is 0.0248. The molecule has 1 aromatic carbocycles. The second-order valence-corrected chi connectivity index (χ2v) is 8.32. The van der Waals surface area contributed by atoms with Crippen LogP contribution in [0.2, 0.25) is 0 Å². The highest BCUT2D eigenvalue weighted by molar-refractivity contribution is 8.00. The van der Waals surface area contributed by atoms with E-state index in [2.05, 4.69) is 43.3 Å². The first-order valence-corrected chi connectivity index (χ1v) is 8.63. The van der Waals surface area contributed by atoms with Crippen molar-refractivity contribution in [2.75, 3.05) is 6.54 Å². The van der Waals surface area contributed by atoms with Crippen LogP contribution in [-0.2, 0) is 4.74 Å². The Bertz CT molecular complexity index is 588. The summed E-state index contributed by atoms with van der Waals surface area (Å²) in [5.74, 6) is 0.420. The summed E-state index contributed by atoms with van der Waals surface area (Å²) in [6, 6.07) is 8.74. The van der Waals surface area contributed by atoms with Gasteiger partial charge in [0.25, 0.3) is 0 Å². The number of ether oxygens (including phenoxy) is 1. The number of thioether (sulfide) groups is 1. The molecule has 1 heterocycles. The number of likely N-dealkylation sites (tertiary alicyclic amines) is 1. The maximum absolute atomic E-state index is 12.4. The van der Waals surface area contributed by atoms with Crippen LogP contribution in [0.5, 0.6) is 0 Å². The number of carbonyl (C=O) groups is 1. The molecule has 3 rings (SSSR count). The van der Waals surface area contributed by atoms with Gasteiger partial charge in [-0.25, -0.2) is 4.79 Å². The third-order valence-electron chi connectivity index (χ3n) is 4.00. The van der Waals surface area contributed by atoms with Crippen molar-refractivity contribution in [1.82, 2.24) is 4.90 Å². The number of fused-ring (bicyclic) bond motifs is 2. The van der Waals surface area contributed by atoms with Gasteiger partial charge in [0, 0.05) is 22.6 Å². The molecule has 3 atom stereocenters. The minimum Gasteiger partial charge on any atom is -0.444 e. The average Bonchev–Trinajstić information content (AvgIpc) is 2.97. The van der Waals surface area contributed by atoms with E-state index in [1.807, 2.05) is 37.4 Å². The first-order valence-electron chi connectivity index (χ1n) is 7.75. The van der Waals surface area contributed by atoms with Gasteiger partial charge in [-0.3, -0.25) is 4.90 Å². The zero-order valence-electron chi connectivity index (χ0n) is 13.6.